The third-order valence-corrected chi connectivity index (χ3v) is 5.40. The molecule has 2 amide bonds. The second-order valence-corrected chi connectivity index (χ2v) is 7.36. The van der Waals surface area contributed by atoms with Crippen molar-refractivity contribution in [3.05, 3.63) is 107 Å². The van der Waals surface area contributed by atoms with Gasteiger partial charge < -0.3 is 10.6 Å². The van der Waals surface area contributed by atoms with E-state index in [0.29, 0.717) is 5.56 Å². The molecule has 3 aromatic rings. The highest BCUT2D eigenvalue weighted by molar-refractivity contribution is 5.94. The zero-order valence-corrected chi connectivity index (χ0v) is 16.2. The summed E-state index contributed by atoms with van der Waals surface area (Å²) in [6.45, 7) is 0. The zero-order chi connectivity index (χ0) is 20.1. The zero-order valence-electron chi connectivity index (χ0n) is 16.2. The number of carbonyl (C=O) groups excluding carboxylic acids is 2. The largest absolute Gasteiger partial charge is 0.349 e. The van der Waals surface area contributed by atoms with Crippen LogP contribution in [0.25, 0.3) is 0 Å². The van der Waals surface area contributed by atoms with Gasteiger partial charge in [-0.1, -0.05) is 72.8 Å². The first-order valence-corrected chi connectivity index (χ1v) is 9.99. The topological polar surface area (TPSA) is 58.2 Å². The SMILES string of the molecule is O=C(C[C@H](NC(=O)c1ccccc1)c1ccccc1)N[C@H]1CCc2ccccc21. The second-order valence-electron chi connectivity index (χ2n) is 7.36. The lowest BCUT2D eigenvalue weighted by atomic mass is 10.0. The smallest absolute Gasteiger partial charge is 0.251 e. The monoisotopic (exact) mass is 384 g/mol. The Bertz CT molecular complexity index is 986. The fraction of sp³-hybridized carbons (Fsp3) is 0.200. The molecule has 1 aliphatic carbocycles. The Balaban J connectivity index is 1.47. The summed E-state index contributed by atoms with van der Waals surface area (Å²) in [5, 5.41) is 6.18. The number of hydrogen-bond acceptors (Lipinski definition) is 2. The van der Waals surface area contributed by atoms with Crippen molar-refractivity contribution in [3.8, 4) is 0 Å². The van der Waals surface area contributed by atoms with E-state index in [1.807, 2.05) is 60.7 Å². The van der Waals surface area contributed by atoms with E-state index < -0.39 is 0 Å². The highest BCUT2D eigenvalue weighted by atomic mass is 16.2. The summed E-state index contributed by atoms with van der Waals surface area (Å²) >= 11 is 0. The summed E-state index contributed by atoms with van der Waals surface area (Å²) in [7, 11) is 0. The third kappa shape index (κ3) is 4.54. The highest BCUT2D eigenvalue weighted by Crippen LogP contribution is 2.31. The van der Waals surface area contributed by atoms with Gasteiger partial charge in [0, 0.05) is 5.56 Å². The first-order valence-electron chi connectivity index (χ1n) is 9.99. The van der Waals surface area contributed by atoms with Crippen LogP contribution in [0.15, 0.2) is 84.9 Å². The number of nitrogens with one attached hydrogen (secondary N) is 2. The molecular formula is C25H24N2O2. The molecule has 0 aromatic heterocycles. The molecule has 1 aliphatic rings. The predicted molar refractivity (Wildman–Crippen MR) is 113 cm³/mol. The summed E-state index contributed by atoms with van der Waals surface area (Å²) in [6.07, 6.45) is 2.09. The maximum atomic E-state index is 12.8. The number of rotatable bonds is 6. The standard InChI is InChI=1S/C25H24N2O2/c28-24(26-22-16-15-18-9-7-8-14-21(18)22)17-23(19-10-3-1-4-11-19)27-25(29)20-12-5-2-6-13-20/h1-14,22-23H,15-17H2,(H,26,28)(H,27,29)/t22-,23-/m0/s1. The molecule has 2 atom stereocenters. The Morgan fingerprint density at radius 3 is 2.28 bits per heavy atom. The number of aryl methyl sites for hydroxylation is 1. The summed E-state index contributed by atoms with van der Waals surface area (Å²) in [5.41, 5.74) is 4.00. The van der Waals surface area contributed by atoms with E-state index in [1.165, 1.54) is 11.1 Å². The van der Waals surface area contributed by atoms with Crippen molar-refractivity contribution < 1.29 is 9.59 Å². The summed E-state index contributed by atoms with van der Waals surface area (Å²) in [6, 6.07) is 26.6. The second kappa shape index (κ2) is 8.74. The molecule has 29 heavy (non-hydrogen) atoms. The summed E-state index contributed by atoms with van der Waals surface area (Å²) < 4.78 is 0. The predicted octanol–water partition coefficient (Wildman–Crippen LogP) is 4.35. The van der Waals surface area contributed by atoms with E-state index >= 15 is 0 Å². The van der Waals surface area contributed by atoms with Gasteiger partial charge in [0.25, 0.3) is 5.91 Å². The van der Waals surface area contributed by atoms with Gasteiger partial charge in [-0.3, -0.25) is 9.59 Å². The lowest BCUT2D eigenvalue weighted by molar-refractivity contribution is -0.122. The minimum Gasteiger partial charge on any atom is -0.349 e. The molecule has 0 saturated carbocycles. The van der Waals surface area contributed by atoms with E-state index in [9.17, 15) is 9.59 Å². The number of fused-ring (bicyclic) bond motifs is 1. The molecule has 3 aromatic carbocycles. The highest BCUT2D eigenvalue weighted by Gasteiger charge is 2.25. The third-order valence-electron chi connectivity index (χ3n) is 5.40. The van der Waals surface area contributed by atoms with Gasteiger partial charge >= 0.3 is 0 Å². The lowest BCUT2D eigenvalue weighted by Crippen LogP contribution is -2.34. The van der Waals surface area contributed by atoms with Crippen molar-refractivity contribution in [1.29, 1.82) is 0 Å². The van der Waals surface area contributed by atoms with Crippen LogP contribution in [0.1, 0.15) is 52.0 Å². The molecule has 0 saturated heterocycles. The first kappa shape index (κ1) is 18.9. The minimum atomic E-state index is -0.388. The molecule has 0 bridgehead atoms. The summed E-state index contributed by atoms with van der Waals surface area (Å²) in [4.78, 5) is 25.5. The number of amides is 2. The maximum absolute atomic E-state index is 12.8. The van der Waals surface area contributed by atoms with Crippen LogP contribution >= 0.6 is 0 Å². The molecule has 0 unspecified atom stereocenters. The van der Waals surface area contributed by atoms with Gasteiger partial charge in [0.15, 0.2) is 0 Å². The molecule has 0 fully saturated rings. The number of hydrogen-bond donors (Lipinski definition) is 2. The van der Waals surface area contributed by atoms with Gasteiger partial charge in [0.05, 0.1) is 18.5 Å². The van der Waals surface area contributed by atoms with E-state index in [4.69, 9.17) is 0 Å². The fourth-order valence-corrected chi connectivity index (χ4v) is 3.91. The van der Waals surface area contributed by atoms with Crippen molar-refractivity contribution in [2.75, 3.05) is 0 Å². The van der Waals surface area contributed by atoms with Crippen LogP contribution in [-0.4, -0.2) is 11.8 Å². The first-order chi connectivity index (χ1) is 14.2. The maximum Gasteiger partial charge on any atom is 0.251 e. The number of carbonyl (C=O) groups is 2. The molecule has 146 valence electrons. The lowest BCUT2D eigenvalue weighted by Gasteiger charge is -2.21. The van der Waals surface area contributed by atoms with Gasteiger partial charge in [0.2, 0.25) is 5.91 Å². The Morgan fingerprint density at radius 1 is 0.862 bits per heavy atom. The molecule has 4 nitrogen and oxygen atoms in total. The van der Waals surface area contributed by atoms with Gasteiger partial charge in [-0.05, 0) is 41.7 Å². The van der Waals surface area contributed by atoms with Crippen LogP contribution in [0.2, 0.25) is 0 Å². The van der Waals surface area contributed by atoms with E-state index in [2.05, 4.69) is 22.8 Å². The van der Waals surface area contributed by atoms with Crippen LogP contribution in [0.3, 0.4) is 0 Å². The molecule has 4 rings (SSSR count). The molecule has 4 heteroatoms. The fourth-order valence-electron chi connectivity index (χ4n) is 3.91. The number of benzene rings is 3. The van der Waals surface area contributed by atoms with E-state index in [1.54, 1.807) is 12.1 Å². The molecule has 0 spiro atoms. The Kier molecular flexibility index (Phi) is 5.71. The van der Waals surface area contributed by atoms with Crippen molar-refractivity contribution in [3.63, 3.8) is 0 Å². The molecule has 2 N–H and O–H groups in total. The van der Waals surface area contributed by atoms with Gasteiger partial charge in [-0.15, -0.1) is 0 Å². The van der Waals surface area contributed by atoms with Crippen molar-refractivity contribution in [2.45, 2.75) is 31.3 Å². The van der Waals surface area contributed by atoms with Crippen LogP contribution < -0.4 is 10.6 Å². The quantitative estimate of drug-likeness (QED) is 0.664. The Labute approximate surface area is 171 Å². The van der Waals surface area contributed by atoms with Crippen LogP contribution in [0.5, 0.6) is 0 Å². The Morgan fingerprint density at radius 2 is 1.52 bits per heavy atom. The molecule has 0 heterocycles. The molecule has 0 radical (unpaired) electrons. The van der Waals surface area contributed by atoms with Gasteiger partial charge in [-0.2, -0.15) is 0 Å². The van der Waals surface area contributed by atoms with Gasteiger partial charge in [-0.25, -0.2) is 0 Å². The van der Waals surface area contributed by atoms with Crippen molar-refractivity contribution in [1.82, 2.24) is 10.6 Å². The average molecular weight is 384 g/mol. The van der Waals surface area contributed by atoms with E-state index in [0.717, 1.165) is 18.4 Å². The van der Waals surface area contributed by atoms with E-state index in [-0.39, 0.29) is 30.3 Å². The van der Waals surface area contributed by atoms with Crippen molar-refractivity contribution >= 4 is 11.8 Å². The van der Waals surface area contributed by atoms with Crippen LogP contribution in [-0.2, 0) is 11.2 Å². The van der Waals surface area contributed by atoms with Crippen LogP contribution in [0.4, 0.5) is 0 Å². The Hall–Kier alpha value is -3.40. The normalized spacial score (nSPS) is 15.9. The van der Waals surface area contributed by atoms with Gasteiger partial charge in [0.1, 0.15) is 0 Å². The average Bonchev–Trinajstić information content (AvgIpc) is 3.17. The molecule has 0 aliphatic heterocycles. The van der Waals surface area contributed by atoms with Crippen LogP contribution in [0, 0.1) is 0 Å². The summed E-state index contributed by atoms with van der Waals surface area (Å²) in [5.74, 6) is -0.243. The van der Waals surface area contributed by atoms with Crippen molar-refractivity contribution in [2.24, 2.45) is 0 Å². The minimum absolute atomic E-state index is 0.0416. The molecular weight excluding hydrogens is 360 g/mol.